The molecule has 0 unspecified atom stereocenters. The second-order valence-electron chi connectivity index (χ2n) is 7.63. The first-order chi connectivity index (χ1) is 13.4. The monoisotopic (exact) mass is 408 g/mol. The molecule has 154 valence electrons. The Morgan fingerprint density at radius 1 is 1.07 bits per heavy atom. The van der Waals surface area contributed by atoms with Crippen molar-refractivity contribution >= 4 is 33.1 Å². The van der Waals surface area contributed by atoms with Crippen molar-refractivity contribution in [1.29, 1.82) is 0 Å². The van der Waals surface area contributed by atoms with E-state index in [1.54, 1.807) is 0 Å². The summed E-state index contributed by atoms with van der Waals surface area (Å²) in [5, 5.41) is 2.72. The van der Waals surface area contributed by atoms with Crippen LogP contribution < -0.4 is 10.2 Å². The highest BCUT2D eigenvalue weighted by atomic mass is 32.2. The molecule has 0 spiro atoms. The molecule has 1 atom stereocenters. The number of nitrogens with zero attached hydrogens (tertiary/aromatic N) is 1. The summed E-state index contributed by atoms with van der Waals surface area (Å²) in [6, 6.07) is 7.69. The molecule has 3 rings (SSSR count). The molecule has 2 fully saturated rings. The first kappa shape index (κ1) is 20.6. The lowest BCUT2D eigenvalue weighted by Crippen LogP contribution is -2.24. The van der Waals surface area contributed by atoms with E-state index in [0.29, 0.717) is 12.1 Å². The standard InChI is InChI=1S/C20H28N2O5S/c23-19(14-27-20(24)13-16-9-12-28(25,26)15-16)21-17-5-7-18(8-6-17)22-10-3-1-2-4-11-22/h5-8,16H,1-4,9-15H2,(H,21,23)/t16-/m0/s1. The zero-order valence-corrected chi connectivity index (χ0v) is 16.9. The number of esters is 1. The van der Waals surface area contributed by atoms with Crippen molar-refractivity contribution in [2.75, 3.05) is 41.4 Å². The van der Waals surface area contributed by atoms with E-state index < -0.39 is 21.7 Å². The third-order valence-electron chi connectivity index (χ3n) is 5.27. The second kappa shape index (κ2) is 9.41. The second-order valence-corrected chi connectivity index (χ2v) is 9.86. The average Bonchev–Trinajstić information content (AvgIpc) is 2.86. The predicted molar refractivity (Wildman–Crippen MR) is 108 cm³/mol. The SMILES string of the molecule is O=C(COC(=O)C[C@@H]1CCS(=O)(=O)C1)Nc1ccc(N2CCCCCC2)cc1. The fourth-order valence-electron chi connectivity index (χ4n) is 3.76. The van der Waals surface area contributed by atoms with E-state index >= 15 is 0 Å². The number of hydrogen-bond donors (Lipinski definition) is 1. The number of anilines is 2. The Kier molecular flexibility index (Phi) is 6.93. The Morgan fingerprint density at radius 3 is 2.36 bits per heavy atom. The van der Waals surface area contributed by atoms with Crippen molar-refractivity contribution in [2.24, 2.45) is 5.92 Å². The van der Waals surface area contributed by atoms with Gasteiger partial charge in [0.25, 0.3) is 5.91 Å². The number of carbonyl (C=O) groups is 2. The number of benzene rings is 1. The minimum absolute atomic E-state index is 0.0255. The fraction of sp³-hybridized carbons (Fsp3) is 0.600. The van der Waals surface area contributed by atoms with Crippen molar-refractivity contribution in [3.05, 3.63) is 24.3 Å². The summed E-state index contributed by atoms with van der Waals surface area (Å²) in [6.07, 6.45) is 5.48. The number of ether oxygens (including phenoxy) is 1. The van der Waals surface area contributed by atoms with Crippen LogP contribution >= 0.6 is 0 Å². The summed E-state index contributed by atoms with van der Waals surface area (Å²) in [5.41, 5.74) is 1.80. The van der Waals surface area contributed by atoms with Gasteiger partial charge in [0.1, 0.15) is 0 Å². The number of carbonyl (C=O) groups excluding carboxylic acids is 2. The molecule has 1 aromatic rings. The van der Waals surface area contributed by atoms with Crippen LogP contribution in [0.15, 0.2) is 24.3 Å². The van der Waals surface area contributed by atoms with E-state index in [0.717, 1.165) is 18.8 Å². The lowest BCUT2D eigenvalue weighted by Gasteiger charge is -2.22. The quantitative estimate of drug-likeness (QED) is 0.727. The maximum atomic E-state index is 12.0. The van der Waals surface area contributed by atoms with E-state index in [4.69, 9.17) is 4.74 Å². The largest absolute Gasteiger partial charge is 0.456 e. The number of sulfone groups is 1. The van der Waals surface area contributed by atoms with Gasteiger partial charge in [-0.1, -0.05) is 12.8 Å². The lowest BCUT2D eigenvalue weighted by atomic mass is 10.1. The Balaban J connectivity index is 1.41. The molecule has 1 aromatic carbocycles. The smallest absolute Gasteiger partial charge is 0.306 e. The Hall–Kier alpha value is -2.09. The number of nitrogens with one attached hydrogen (secondary N) is 1. The summed E-state index contributed by atoms with van der Waals surface area (Å²) in [7, 11) is -3.02. The molecule has 2 aliphatic rings. The normalized spacial score (nSPS) is 21.7. The van der Waals surface area contributed by atoms with Gasteiger partial charge in [-0.25, -0.2) is 8.42 Å². The van der Waals surface area contributed by atoms with Crippen LogP contribution in [0.4, 0.5) is 11.4 Å². The highest BCUT2D eigenvalue weighted by Gasteiger charge is 2.30. The molecule has 2 heterocycles. The van der Waals surface area contributed by atoms with E-state index in [-0.39, 0.29) is 30.5 Å². The zero-order chi connectivity index (χ0) is 20.0. The number of amides is 1. The first-order valence-corrected chi connectivity index (χ1v) is 11.7. The van der Waals surface area contributed by atoms with Gasteiger partial charge in [-0.05, 0) is 49.4 Å². The van der Waals surface area contributed by atoms with Gasteiger partial charge in [0.2, 0.25) is 0 Å². The third kappa shape index (κ3) is 6.22. The molecule has 2 saturated heterocycles. The molecule has 1 N–H and O–H groups in total. The highest BCUT2D eigenvalue weighted by molar-refractivity contribution is 7.91. The van der Waals surface area contributed by atoms with Crippen molar-refractivity contribution in [3.8, 4) is 0 Å². The van der Waals surface area contributed by atoms with Crippen LogP contribution in [-0.2, 0) is 24.2 Å². The van der Waals surface area contributed by atoms with E-state index in [1.807, 2.05) is 24.3 Å². The van der Waals surface area contributed by atoms with E-state index in [2.05, 4.69) is 10.2 Å². The molecule has 8 heteroatoms. The van der Waals surface area contributed by atoms with Crippen LogP contribution in [0, 0.1) is 5.92 Å². The van der Waals surface area contributed by atoms with Gasteiger partial charge in [0.05, 0.1) is 11.5 Å². The molecule has 2 aliphatic heterocycles. The molecule has 7 nitrogen and oxygen atoms in total. The Labute approximate surface area is 166 Å². The van der Waals surface area contributed by atoms with Crippen LogP contribution in [0.2, 0.25) is 0 Å². The van der Waals surface area contributed by atoms with Gasteiger partial charge >= 0.3 is 5.97 Å². The van der Waals surface area contributed by atoms with Gasteiger partial charge in [0, 0.05) is 30.9 Å². The predicted octanol–water partition coefficient (Wildman–Crippen LogP) is 2.37. The summed E-state index contributed by atoms with van der Waals surface area (Å²) < 4.78 is 27.8. The molecule has 28 heavy (non-hydrogen) atoms. The Bertz CT molecular complexity index is 783. The lowest BCUT2D eigenvalue weighted by molar-refractivity contribution is -0.148. The maximum Gasteiger partial charge on any atom is 0.306 e. The van der Waals surface area contributed by atoms with Crippen LogP contribution in [0.3, 0.4) is 0 Å². The summed E-state index contributed by atoms with van der Waals surface area (Å²) in [6.45, 7) is 1.75. The summed E-state index contributed by atoms with van der Waals surface area (Å²) in [4.78, 5) is 26.2. The summed E-state index contributed by atoms with van der Waals surface area (Å²) in [5.74, 6) is -0.993. The van der Waals surface area contributed by atoms with Crippen molar-refractivity contribution in [2.45, 2.75) is 38.5 Å². The minimum Gasteiger partial charge on any atom is -0.456 e. The fourth-order valence-corrected chi connectivity index (χ4v) is 5.62. The minimum atomic E-state index is -3.02. The van der Waals surface area contributed by atoms with Crippen molar-refractivity contribution in [3.63, 3.8) is 0 Å². The Morgan fingerprint density at radius 2 is 1.75 bits per heavy atom. The van der Waals surface area contributed by atoms with Crippen LogP contribution in [0.1, 0.15) is 38.5 Å². The molecular weight excluding hydrogens is 380 g/mol. The molecular formula is C20H28N2O5S. The van der Waals surface area contributed by atoms with Gasteiger partial charge in [-0.3, -0.25) is 9.59 Å². The molecule has 0 aliphatic carbocycles. The molecule has 0 saturated carbocycles. The highest BCUT2D eigenvalue weighted by Crippen LogP contribution is 2.23. The molecule has 1 amide bonds. The molecule has 0 radical (unpaired) electrons. The van der Waals surface area contributed by atoms with Crippen LogP contribution in [0.5, 0.6) is 0 Å². The van der Waals surface area contributed by atoms with E-state index in [9.17, 15) is 18.0 Å². The van der Waals surface area contributed by atoms with E-state index in [1.165, 1.54) is 25.7 Å². The van der Waals surface area contributed by atoms with Crippen LogP contribution in [-0.4, -0.2) is 51.5 Å². The van der Waals surface area contributed by atoms with Crippen molar-refractivity contribution in [1.82, 2.24) is 0 Å². The zero-order valence-electron chi connectivity index (χ0n) is 16.1. The maximum absolute atomic E-state index is 12.0. The number of hydrogen-bond acceptors (Lipinski definition) is 6. The van der Waals surface area contributed by atoms with Gasteiger partial charge in [0.15, 0.2) is 16.4 Å². The van der Waals surface area contributed by atoms with Crippen molar-refractivity contribution < 1.29 is 22.7 Å². The topological polar surface area (TPSA) is 92.8 Å². The van der Waals surface area contributed by atoms with Gasteiger partial charge < -0.3 is 15.0 Å². The number of rotatable bonds is 6. The third-order valence-corrected chi connectivity index (χ3v) is 7.11. The van der Waals surface area contributed by atoms with Gasteiger partial charge in [-0.2, -0.15) is 0 Å². The summed E-state index contributed by atoms with van der Waals surface area (Å²) >= 11 is 0. The van der Waals surface area contributed by atoms with Crippen LogP contribution in [0.25, 0.3) is 0 Å². The average molecular weight is 409 g/mol. The first-order valence-electron chi connectivity index (χ1n) is 9.92. The van der Waals surface area contributed by atoms with Gasteiger partial charge in [-0.15, -0.1) is 0 Å². The molecule has 0 aromatic heterocycles. The molecule has 0 bridgehead atoms.